The van der Waals surface area contributed by atoms with Gasteiger partial charge in [0.1, 0.15) is 12.4 Å². The van der Waals surface area contributed by atoms with E-state index in [4.69, 9.17) is 14.7 Å². The molecule has 7 heteroatoms. The zero-order valence-corrected chi connectivity index (χ0v) is 22.5. The Morgan fingerprint density at radius 2 is 1.59 bits per heavy atom. The van der Waals surface area contributed by atoms with Crippen molar-refractivity contribution in [3.05, 3.63) is 94.4 Å². The molecule has 3 heterocycles. The number of nitrogens with zero attached hydrogens (tertiary/aromatic N) is 4. The minimum absolute atomic E-state index is 0.0385. The van der Waals surface area contributed by atoms with E-state index in [0.29, 0.717) is 30.0 Å². The third-order valence-corrected chi connectivity index (χ3v) is 8.14. The summed E-state index contributed by atoms with van der Waals surface area (Å²) >= 11 is 0. The van der Waals surface area contributed by atoms with Gasteiger partial charge in [0.15, 0.2) is 5.65 Å². The molecule has 2 fully saturated rings. The zero-order valence-electron chi connectivity index (χ0n) is 22.5. The standard InChI is InChI=1S/C32H37N5O2/c38-30-21-29(39-23-25-11-5-2-6-12-25)28-22-34-32(35-31(28)37(30)27-13-7-8-14-27)36-19-16-26(17-20-36)33-18-15-24-9-3-1-4-10-24/h1-6,9-12,21-22,26-27,33H,7-8,13-20,23H2. The van der Waals surface area contributed by atoms with Crippen molar-refractivity contribution < 1.29 is 4.74 Å². The fourth-order valence-corrected chi connectivity index (χ4v) is 5.96. The molecule has 0 bridgehead atoms. The molecule has 7 nitrogen and oxygen atoms in total. The number of pyridine rings is 1. The molecule has 0 radical (unpaired) electrons. The molecule has 1 saturated carbocycles. The first-order valence-electron chi connectivity index (χ1n) is 14.4. The molecular weight excluding hydrogens is 486 g/mol. The van der Waals surface area contributed by atoms with Crippen LogP contribution in [0.15, 0.2) is 77.7 Å². The Labute approximate surface area is 229 Å². The number of benzene rings is 2. The van der Waals surface area contributed by atoms with Crippen molar-refractivity contribution in [2.45, 2.75) is 63.6 Å². The summed E-state index contributed by atoms with van der Waals surface area (Å²) in [5.41, 5.74) is 3.09. The molecule has 39 heavy (non-hydrogen) atoms. The van der Waals surface area contributed by atoms with Crippen LogP contribution in [0.25, 0.3) is 11.0 Å². The lowest BCUT2D eigenvalue weighted by Crippen LogP contribution is -2.43. The monoisotopic (exact) mass is 523 g/mol. The van der Waals surface area contributed by atoms with E-state index in [1.165, 1.54) is 5.56 Å². The normalized spacial score (nSPS) is 16.7. The van der Waals surface area contributed by atoms with E-state index in [2.05, 4.69) is 40.5 Å². The van der Waals surface area contributed by atoms with E-state index in [1.807, 2.05) is 41.1 Å². The van der Waals surface area contributed by atoms with Gasteiger partial charge in [0, 0.05) is 37.4 Å². The van der Waals surface area contributed by atoms with Gasteiger partial charge in [0.05, 0.1) is 5.39 Å². The molecule has 1 saturated heterocycles. The fraction of sp³-hybridized carbons (Fsp3) is 0.406. The first-order valence-corrected chi connectivity index (χ1v) is 14.4. The molecule has 6 rings (SSSR count). The van der Waals surface area contributed by atoms with Crippen molar-refractivity contribution >= 4 is 17.0 Å². The maximum Gasteiger partial charge on any atom is 0.256 e. The first-order chi connectivity index (χ1) is 19.2. The van der Waals surface area contributed by atoms with E-state index in [0.717, 1.165) is 75.5 Å². The van der Waals surface area contributed by atoms with Gasteiger partial charge in [-0.25, -0.2) is 4.98 Å². The Bertz CT molecular complexity index is 1430. The minimum Gasteiger partial charge on any atom is -0.488 e. The number of hydrogen-bond acceptors (Lipinski definition) is 6. The van der Waals surface area contributed by atoms with E-state index in [1.54, 1.807) is 6.07 Å². The second-order valence-electron chi connectivity index (χ2n) is 10.8. The summed E-state index contributed by atoms with van der Waals surface area (Å²) in [7, 11) is 0. The number of anilines is 1. The molecule has 0 unspecified atom stereocenters. The Balaban J connectivity index is 1.19. The van der Waals surface area contributed by atoms with Crippen LogP contribution in [0, 0.1) is 0 Å². The Morgan fingerprint density at radius 3 is 2.31 bits per heavy atom. The SMILES string of the molecule is O=c1cc(OCc2ccccc2)c2cnc(N3CCC(NCCc4ccccc4)CC3)nc2n1C1CCCC1. The molecule has 2 aliphatic rings. The summed E-state index contributed by atoms with van der Waals surface area (Å²) in [4.78, 5) is 25.4. The molecule has 2 aromatic heterocycles. The van der Waals surface area contributed by atoms with Gasteiger partial charge in [-0.05, 0) is 49.8 Å². The van der Waals surface area contributed by atoms with E-state index in [9.17, 15) is 4.79 Å². The van der Waals surface area contributed by atoms with Gasteiger partial charge in [-0.2, -0.15) is 4.98 Å². The van der Waals surface area contributed by atoms with Crippen LogP contribution in [-0.4, -0.2) is 40.2 Å². The fourth-order valence-electron chi connectivity index (χ4n) is 5.96. The molecule has 0 spiro atoms. The van der Waals surface area contributed by atoms with Crippen molar-refractivity contribution in [2.75, 3.05) is 24.5 Å². The maximum atomic E-state index is 13.4. The lowest BCUT2D eigenvalue weighted by molar-refractivity contribution is 0.308. The lowest BCUT2D eigenvalue weighted by Gasteiger charge is -2.32. The van der Waals surface area contributed by atoms with Gasteiger partial charge in [-0.3, -0.25) is 9.36 Å². The average molecular weight is 524 g/mol. The molecule has 0 amide bonds. The molecule has 0 atom stereocenters. The second kappa shape index (κ2) is 12.0. The van der Waals surface area contributed by atoms with Crippen molar-refractivity contribution in [3.8, 4) is 5.75 Å². The molecule has 1 aliphatic heterocycles. The highest BCUT2D eigenvalue weighted by Crippen LogP contribution is 2.33. The van der Waals surface area contributed by atoms with Crippen molar-refractivity contribution in [1.82, 2.24) is 19.9 Å². The summed E-state index contributed by atoms with van der Waals surface area (Å²) in [6.45, 7) is 3.18. The van der Waals surface area contributed by atoms with Crippen molar-refractivity contribution in [3.63, 3.8) is 0 Å². The third kappa shape index (κ3) is 5.98. The lowest BCUT2D eigenvalue weighted by atomic mass is 10.0. The van der Waals surface area contributed by atoms with Gasteiger partial charge < -0.3 is 15.0 Å². The predicted molar refractivity (Wildman–Crippen MR) is 155 cm³/mol. The van der Waals surface area contributed by atoms with Gasteiger partial charge in [-0.1, -0.05) is 73.5 Å². The van der Waals surface area contributed by atoms with Gasteiger partial charge in [0.25, 0.3) is 5.56 Å². The smallest absolute Gasteiger partial charge is 0.256 e. The largest absolute Gasteiger partial charge is 0.488 e. The second-order valence-corrected chi connectivity index (χ2v) is 10.8. The highest BCUT2D eigenvalue weighted by atomic mass is 16.5. The zero-order chi connectivity index (χ0) is 26.4. The number of aromatic nitrogens is 3. The van der Waals surface area contributed by atoms with Crippen LogP contribution < -0.4 is 20.5 Å². The average Bonchev–Trinajstić information content (AvgIpc) is 3.51. The topological polar surface area (TPSA) is 72.3 Å². The van der Waals surface area contributed by atoms with E-state index < -0.39 is 0 Å². The summed E-state index contributed by atoms with van der Waals surface area (Å²) in [5.74, 6) is 1.26. The third-order valence-electron chi connectivity index (χ3n) is 8.14. The van der Waals surface area contributed by atoms with Crippen molar-refractivity contribution in [2.24, 2.45) is 0 Å². The minimum atomic E-state index is -0.0385. The van der Waals surface area contributed by atoms with Crippen LogP contribution in [-0.2, 0) is 13.0 Å². The number of nitrogens with one attached hydrogen (secondary N) is 1. The molecule has 1 aliphatic carbocycles. The predicted octanol–water partition coefficient (Wildman–Crippen LogP) is 5.29. The molecule has 4 aromatic rings. The van der Waals surface area contributed by atoms with Gasteiger partial charge >= 0.3 is 0 Å². The van der Waals surface area contributed by atoms with Crippen LogP contribution in [0.1, 0.15) is 55.7 Å². The summed E-state index contributed by atoms with van der Waals surface area (Å²) < 4.78 is 8.06. The van der Waals surface area contributed by atoms with E-state index >= 15 is 0 Å². The van der Waals surface area contributed by atoms with Gasteiger partial charge in [0.2, 0.25) is 5.95 Å². The highest BCUT2D eigenvalue weighted by Gasteiger charge is 2.25. The molecular formula is C32H37N5O2. The summed E-state index contributed by atoms with van der Waals surface area (Å²) in [6, 6.07) is 23.0. The summed E-state index contributed by atoms with van der Waals surface area (Å²) in [5, 5.41) is 4.54. The van der Waals surface area contributed by atoms with Crippen LogP contribution in [0.3, 0.4) is 0 Å². The molecule has 202 valence electrons. The summed E-state index contributed by atoms with van der Waals surface area (Å²) in [6.07, 6.45) is 9.31. The Hall–Kier alpha value is -3.71. The van der Waals surface area contributed by atoms with E-state index in [-0.39, 0.29) is 11.6 Å². The van der Waals surface area contributed by atoms with Crippen LogP contribution >= 0.6 is 0 Å². The van der Waals surface area contributed by atoms with Crippen LogP contribution in [0.4, 0.5) is 5.95 Å². The number of fused-ring (bicyclic) bond motifs is 1. The Morgan fingerprint density at radius 1 is 0.897 bits per heavy atom. The number of hydrogen-bond donors (Lipinski definition) is 1. The molecule has 1 N–H and O–H groups in total. The number of rotatable bonds is 9. The molecule has 2 aromatic carbocycles. The van der Waals surface area contributed by atoms with Crippen LogP contribution in [0.5, 0.6) is 5.75 Å². The Kier molecular flexibility index (Phi) is 7.86. The highest BCUT2D eigenvalue weighted by molar-refractivity contribution is 5.82. The first kappa shape index (κ1) is 25.6. The quantitative estimate of drug-likeness (QED) is 0.322. The maximum absolute atomic E-state index is 13.4. The van der Waals surface area contributed by atoms with Gasteiger partial charge in [-0.15, -0.1) is 0 Å². The van der Waals surface area contributed by atoms with Crippen molar-refractivity contribution in [1.29, 1.82) is 0 Å². The number of piperidine rings is 1. The van der Waals surface area contributed by atoms with Crippen LogP contribution in [0.2, 0.25) is 0 Å². The number of ether oxygens (including phenoxy) is 1.